The molecule has 0 aliphatic carbocycles. The van der Waals surface area contributed by atoms with E-state index in [-0.39, 0.29) is 39.6 Å². The van der Waals surface area contributed by atoms with Crippen LogP contribution in [0.3, 0.4) is 0 Å². The molecule has 0 amide bonds. The predicted molar refractivity (Wildman–Crippen MR) is 97.5 cm³/mol. The maximum absolute atomic E-state index is 9.47. The molecule has 0 aromatic carbocycles. The Balaban J connectivity index is 2.37. The van der Waals surface area contributed by atoms with Gasteiger partial charge in [0.1, 0.15) is 41.2 Å². The van der Waals surface area contributed by atoms with Gasteiger partial charge in [0.2, 0.25) is 0 Å². The normalized spacial score (nSPS) is 13.8. The quantitative estimate of drug-likeness (QED) is 0.756. The first-order valence-corrected chi connectivity index (χ1v) is 8.60. The van der Waals surface area contributed by atoms with Gasteiger partial charge >= 0.3 is 0 Å². The van der Waals surface area contributed by atoms with Crippen molar-refractivity contribution in [1.82, 2.24) is 4.57 Å². The molecule has 130 valence electrons. The first kappa shape index (κ1) is 18.8. The summed E-state index contributed by atoms with van der Waals surface area (Å²) in [5, 5.41) is 37.6. The lowest BCUT2D eigenvalue weighted by Crippen LogP contribution is -2.14. The molecular formula is C19H19N7. The number of nitrogen functional groups attached to an aromatic ring is 1. The monoisotopic (exact) mass is 345 g/mol. The Morgan fingerprint density at radius 3 is 2.04 bits per heavy atom. The van der Waals surface area contributed by atoms with Gasteiger partial charge in [-0.2, -0.15) is 21.0 Å². The van der Waals surface area contributed by atoms with Gasteiger partial charge in [0, 0.05) is 6.54 Å². The van der Waals surface area contributed by atoms with Gasteiger partial charge in [0.25, 0.3) is 0 Å². The topological polar surface area (TPSA) is 138 Å². The number of hydrogen-bond donors (Lipinski definition) is 1. The summed E-state index contributed by atoms with van der Waals surface area (Å²) in [5.41, 5.74) is 6.38. The maximum atomic E-state index is 9.47. The standard InChI is InChI=1S/C19H19N7/c1-2-3-4-5-6-7-8-25-19-16(12-23)14(10-21)17-13(9-20)15(11-22)18(24)26(17)19/h2-8,24H2,1H3. The Kier molecular flexibility index (Phi) is 6.15. The Bertz CT molecular complexity index is 933. The number of hydrogen-bond acceptors (Lipinski definition) is 6. The van der Waals surface area contributed by atoms with Crippen LogP contribution in [-0.4, -0.2) is 16.9 Å². The third-order valence-electron chi connectivity index (χ3n) is 4.35. The van der Waals surface area contributed by atoms with Gasteiger partial charge in [-0.15, -0.1) is 0 Å². The summed E-state index contributed by atoms with van der Waals surface area (Å²) >= 11 is 0. The molecule has 0 unspecified atom stereocenters. The molecule has 1 aromatic rings. The zero-order chi connectivity index (χ0) is 19.1. The zero-order valence-corrected chi connectivity index (χ0v) is 14.7. The van der Waals surface area contributed by atoms with Crippen molar-refractivity contribution in [2.45, 2.75) is 45.4 Å². The van der Waals surface area contributed by atoms with Crippen LogP contribution < -0.4 is 5.73 Å². The molecular weight excluding hydrogens is 326 g/mol. The van der Waals surface area contributed by atoms with Crippen molar-refractivity contribution in [3.8, 4) is 24.3 Å². The lowest BCUT2D eigenvalue weighted by atomic mass is 10.0. The number of nitriles is 4. The van der Waals surface area contributed by atoms with Crippen LogP contribution in [0.15, 0.2) is 10.6 Å². The van der Waals surface area contributed by atoms with Crippen molar-refractivity contribution < 1.29 is 0 Å². The second-order valence-electron chi connectivity index (χ2n) is 5.99. The van der Waals surface area contributed by atoms with E-state index in [4.69, 9.17) is 5.73 Å². The molecule has 0 saturated carbocycles. The van der Waals surface area contributed by atoms with Crippen LogP contribution in [0.25, 0.3) is 5.57 Å². The van der Waals surface area contributed by atoms with E-state index in [2.05, 4.69) is 11.9 Å². The average Bonchev–Trinajstić information content (AvgIpc) is 3.11. The van der Waals surface area contributed by atoms with Crippen LogP contribution in [0.5, 0.6) is 0 Å². The maximum Gasteiger partial charge on any atom is 0.153 e. The Labute approximate surface area is 152 Å². The minimum Gasteiger partial charge on any atom is -0.384 e. The summed E-state index contributed by atoms with van der Waals surface area (Å²) in [5.74, 6) is 0.293. The van der Waals surface area contributed by atoms with Gasteiger partial charge in [-0.3, -0.25) is 9.56 Å². The fourth-order valence-corrected chi connectivity index (χ4v) is 3.05. The highest BCUT2D eigenvalue weighted by Crippen LogP contribution is 2.37. The smallest absolute Gasteiger partial charge is 0.153 e. The van der Waals surface area contributed by atoms with Crippen LogP contribution in [0.4, 0.5) is 5.82 Å². The number of rotatable bonds is 7. The molecule has 0 atom stereocenters. The average molecular weight is 345 g/mol. The van der Waals surface area contributed by atoms with Crippen molar-refractivity contribution in [3.05, 3.63) is 22.4 Å². The van der Waals surface area contributed by atoms with Crippen LogP contribution in [-0.2, 0) is 0 Å². The van der Waals surface area contributed by atoms with E-state index in [0.29, 0.717) is 6.54 Å². The third kappa shape index (κ3) is 3.16. The number of unbranched alkanes of at least 4 members (excludes halogenated alkanes) is 5. The van der Waals surface area contributed by atoms with E-state index >= 15 is 0 Å². The molecule has 0 bridgehead atoms. The lowest BCUT2D eigenvalue weighted by molar-refractivity contribution is 0.612. The molecule has 1 aliphatic rings. The van der Waals surface area contributed by atoms with Gasteiger partial charge in [-0.1, -0.05) is 39.0 Å². The van der Waals surface area contributed by atoms with Crippen molar-refractivity contribution >= 4 is 17.2 Å². The molecule has 7 nitrogen and oxygen atoms in total. The molecule has 26 heavy (non-hydrogen) atoms. The van der Waals surface area contributed by atoms with Crippen LogP contribution in [0, 0.1) is 45.3 Å². The van der Waals surface area contributed by atoms with Crippen molar-refractivity contribution in [3.63, 3.8) is 0 Å². The zero-order valence-electron chi connectivity index (χ0n) is 14.7. The van der Waals surface area contributed by atoms with Crippen LogP contribution >= 0.6 is 0 Å². The van der Waals surface area contributed by atoms with E-state index in [1.54, 1.807) is 0 Å². The number of fused-ring (bicyclic) bond motifs is 1. The number of nitrogens with zero attached hydrogens (tertiary/aromatic N) is 6. The number of aliphatic imine (C=N–C) groups is 1. The number of aromatic nitrogens is 1. The number of anilines is 1. The van der Waals surface area contributed by atoms with Gasteiger partial charge in [-0.05, 0) is 6.42 Å². The summed E-state index contributed by atoms with van der Waals surface area (Å²) < 4.78 is 1.39. The molecule has 0 radical (unpaired) electrons. The summed E-state index contributed by atoms with van der Waals surface area (Å²) in [6.45, 7) is 2.66. The SMILES string of the molecule is CCCCCCCCN=C1C(C#N)=C(C#N)c2c(C#N)c(C#N)c(N)n21. The predicted octanol–water partition coefficient (Wildman–Crippen LogP) is 3.24. The third-order valence-corrected chi connectivity index (χ3v) is 4.35. The summed E-state index contributed by atoms with van der Waals surface area (Å²) in [6.07, 6.45) is 6.64. The molecule has 2 heterocycles. The Hall–Kier alpha value is -3.55. The summed E-state index contributed by atoms with van der Waals surface area (Å²) in [7, 11) is 0. The molecule has 2 rings (SSSR count). The highest BCUT2D eigenvalue weighted by Gasteiger charge is 2.35. The van der Waals surface area contributed by atoms with E-state index in [1.807, 2.05) is 24.3 Å². The van der Waals surface area contributed by atoms with Crippen molar-refractivity contribution in [2.75, 3.05) is 12.3 Å². The molecule has 0 spiro atoms. The number of allylic oxidation sites excluding steroid dienone is 2. The minimum absolute atomic E-state index is 0.0130. The second-order valence-corrected chi connectivity index (χ2v) is 5.99. The second kappa shape index (κ2) is 8.52. The Morgan fingerprint density at radius 1 is 0.846 bits per heavy atom. The van der Waals surface area contributed by atoms with E-state index in [1.165, 1.54) is 23.8 Å². The van der Waals surface area contributed by atoms with Crippen molar-refractivity contribution in [1.29, 1.82) is 21.0 Å². The van der Waals surface area contributed by atoms with Gasteiger partial charge in [0.05, 0.1) is 16.8 Å². The molecule has 7 heteroatoms. The number of nitrogens with two attached hydrogens (primary N) is 1. The molecule has 1 aliphatic heterocycles. The lowest BCUT2D eigenvalue weighted by Gasteiger charge is -2.06. The molecule has 2 N–H and O–H groups in total. The fraction of sp³-hybridized carbons (Fsp3) is 0.421. The fourth-order valence-electron chi connectivity index (χ4n) is 3.05. The van der Waals surface area contributed by atoms with Crippen LogP contribution in [0.2, 0.25) is 0 Å². The molecule has 0 saturated heterocycles. The highest BCUT2D eigenvalue weighted by molar-refractivity contribution is 6.19. The van der Waals surface area contributed by atoms with Gasteiger partial charge < -0.3 is 5.73 Å². The Morgan fingerprint density at radius 2 is 1.46 bits per heavy atom. The van der Waals surface area contributed by atoms with E-state index in [9.17, 15) is 21.0 Å². The van der Waals surface area contributed by atoms with E-state index in [0.717, 1.165) is 19.3 Å². The summed E-state index contributed by atoms with van der Waals surface area (Å²) in [4.78, 5) is 4.47. The summed E-state index contributed by atoms with van der Waals surface area (Å²) in [6, 6.07) is 7.77. The first-order valence-electron chi connectivity index (χ1n) is 8.60. The van der Waals surface area contributed by atoms with E-state index < -0.39 is 0 Å². The highest BCUT2D eigenvalue weighted by atomic mass is 15.1. The minimum atomic E-state index is 0.0130. The van der Waals surface area contributed by atoms with Gasteiger partial charge in [0.15, 0.2) is 5.84 Å². The van der Waals surface area contributed by atoms with Gasteiger partial charge in [-0.25, -0.2) is 0 Å². The first-order chi connectivity index (χ1) is 12.7. The molecule has 1 aromatic heterocycles. The largest absolute Gasteiger partial charge is 0.384 e. The molecule has 0 fully saturated rings. The van der Waals surface area contributed by atoms with Crippen LogP contribution in [0.1, 0.15) is 62.3 Å². The van der Waals surface area contributed by atoms with Crippen molar-refractivity contribution in [2.24, 2.45) is 4.99 Å².